The number of nitrogens with zero attached hydrogens (tertiary/aromatic N) is 8. The van der Waals surface area contributed by atoms with E-state index in [1.54, 1.807) is 18.5 Å². The summed E-state index contributed by atoms with van der Waals surface area (Å²) in [7, 11) is 1.30. The van der Waals surface area contributed by atoms with Crippen molar-refractivity contribution >= 4 is 49.2 Å². The smallest absolute Gasteiger partial charge is 0.463 e. The van der Waals surface area contributed by atoms with Gasteiger partial charge in [-0.2, -0.15) is 0 Å². The zero-order valence-corrected chi connectivity index (χ0v) is 36.8. The Morgan fingerprint density at radius 1 is 0.662 bits per heavy atom. The molecular weight excluding hydrogens is 864 g/mol. The number of pyridine rings is 2. The van der Waals surface area contributed by atoms with Crippen molar-refractivity contribution < 1.29 is 51.9 Å². The number of hydrogen-bond acceptors (Lipinski definition) is 13. The van der Waals surface area contributed by atoms with Gasteiger partial charge in [0, 0.05) is 48.4 Å². The van der Waals surface area contributed by atoms with Crippen molar-refractivity contribution in [2.45, 2.75) is 68.0 Å². The summed E-state index contributed by atoms with van der Waals surface area (Å²) in [5, 5.41) is 15.6. The van der Waals surface area contributed by atoms with Crippen molar-refractivity contribution in [2.75, 3.05) is 30.0 Å². The third-order valence-electron chi connectivity index (χ3n) is 13.6. The van der Waals surface area contributed by atoms with Gasteiger partial charge in [-0.3, -0.25) is 19.6 Å². The molecule has 342 valence electrons. The third kappa shape index (κ3) is 8.84. The largest absolute Gasteiger partial charge is 1.00 e. The minimum Gasteiger partial charge on any atom is -0.463 e. The molecule has 4 aliphatic carbocycles. The number of methoxy groups -OCH3 is 1. The van der Waals surface area contributed by atoms with E-state index in [0.717, 1.165) is 91.6 Å². The number of amides is 2. The first-order chi connectivity index (χ1) is 32.0. The molecule has 68 heavy (non-hydrogen) atoms. The number of halogens is 2. The Labute approximate surface area is 404 Å². The van der Waals surface area contributed by atoms with E-state index < -0.39 is 17.0 Å². The van der Waals surface area contributed by atoms with E-state index in [9.17, 15) is 28.3 Å². The first-order valence-electron chi connectivity index (χ1n) is 22.1. The second-order valence-corrected chi connectivity index (χ2v) is 17.9. The van der Waals surface area contributed by atoms with Crippen LogP contribution in [-0.4, -0.2) is 81.4 Å². The molecule has 0 bridgehead atoms. The Hall–Kier alpha value is -6.61. The third-order valence-corrected chi connectivity index (χ3v) is 13.6. The van der Waals surface area contributed by atoms with Crippen LogP contribution in [-0.2, 0) is 22.4 Å². The number of aliphatic hydroxyl groups is 1. The zero-order chi connectivity index (χ0) is 45.3. The van der Waals surface area contributed by atoms with Crippen LogP contribution in [0.4, 0.5) is 31.8 Å². The summed E-state index contributed by atoms with van der Waals surface area (Å²) in [5.74, 6) is 1.85. The van der Waals surface area contributed by atoms with Crippen LogP contribution in [0.15, 0.2) is 97.3 Å². The summed E-state index contributed by atoms with van der Waals surface area (Å²) in [6, 6.07) is 22.8. The van der Waals surface area contributed by atoms with Crippen LogP contribution in [0.1, 0.15) is 110 Å². The van der Waals surface area contributed by atoms with E-state index in [1.807, 2.05) is 24.3 Å². The molecule has 6 aromatic rings. The van der Waals surface area contributed by atoms with Crippen molar-refractivity contribution in [2.24, 2.45) is 11.8 Å². The molecule has 4 aromatic heterocycles. The van der Waals surface area contributed by atoms with Gasteiger partial charge in [0.2, 0.25) is 5.82 Å². The van der Waals surface area contributed by atoms with Gasteiger partial charge in [0.05, 0.1) is 52.3 Å². The molecule has 0 saturated heterocycles. The van der Waals surface area contributed by atoms with Crippen LogP contribution in [0.5, 0.6) is 0 Å². The fraction of sp³-hybridized carbons (Fsp3) is 0.327. The van der Waals surface area contributed by atoms with Crippen LogP contribution in [0.3, 0.4) is 0 Å². The standard InChI is InChI=1S/C25H22FN5O3.C24H22FN5O2.BH4.Li/c1-34-24(33)22-27-11-8-20(29-22)31-13-15-12-17(15)21-18(31)6-7-19(28-21)25(9-10-25)30-23(32)14-2-4-16(26)5-3-14;25-16-3-1-14(2-4-16)23(32)29-24(8-9-24)19-6-5-18-22(27-19)17-11-15(17)12-30(18)21-7-10-26-20(13-31)28-21;;/h2-8,11,15,17H,9-10,12-13H2,1H3,(H,30,32);1-7,10,15,17,31H,8-9,11-13H2,(H,29,32);1H4;/q;;-1;+1. The molecule has 19 heteroatoms. The van der Waals surface area contributed by atoms with Crippen LogP contribution in [0.25, 0.3) is 0 Å². The van der Waals surface area contributed by atoms with Crippen molar-refractivity contribution in [3.63, 3.8) is 0 Å². The Balaban J connectivity index is 0.000000165. The summed E-state index contributed by atoms with van der Waals surface area (Å²) in [6.45, 7) is 1.46. The average molecular weight is 913 g/mol. The fourth-order valence-corrected chi connectivity index (χ4v) is 9.36. The van der Waals surface area contributed by atoms with Crippen LogP contribution in [0, 0.1) is 23.5 Å². The van der Waals surface area contributed by atoms with E-state index in [1.165, 1.54) is 55.6 Å². The molecule has 2 aliphatic heterocycles. The van der Waals surface area contributed by atoms with Crippen molar-refractivity contribution in [1.82, 2.24) is 40.5 Å². The Bertz CT molecular complexity index is 2930. The number of ether oxygens (including phenoxy) is 1. The number of rotatable bonds is 10. The molecule has 6 heterocycles. The number of nitrogens with one attached hydrogen (secondary N) is 2. The van der Waals surface area contributed by atoms with E-state index in [0.29, 0.717) is 46.4 Å². The molecule has 2 amide bonds. The molecular formula is C49H48BF2LiN10O5. The number of esters is 1. The molecule has 12 rings (SSSR count). The number of carbonyl (C=O) groups excluding carboxylic acids is 3. The molecule has 4 fully saturated rings. The van der Waals surface area contributed by atoms with Crippen molar-refractivity contribution in [1.29, 1.82) is 0 Å². The van der Waals surface area contributed by atoms with E-state index in [4.69, 9.17) is 14.7 Å². The van der Waals surface area contributed by atoms with E-state index >= 15 is 0 Å². The van der Waals surface area contributed by atoms with E-state index in [2.05, 4.69) is 46.4 Å². The second kappa shape index (κ2) is 18.1. The number of hydrogen-bond donors (Lipinski definition) is 3. The minimum atomic E-state index is -0.579. The molecule has 4 atom stereocenters. The molecule has 2 aromatic carbocycles. The number of carbonyl (C=O) groups is 3. The topological polar surface area (TPSA) is 189 Å². The minimum absolute atomic E-state index is 0. The zero-order valence-electron chi connectivity index (χ0n) is 36.8. The molecule has 0 spiro atoms. The summed E-state index contributed by atoms with van der Waals surface area (Å²) in [5.41, 5.74) is 5.63. The van der Waals surface area contributed by atoms with Gasteiger partial charge in [-0.25, -0.2) is 33.5 Å². The fourth-order valence-electron chi connectivity index (χ4n) is 9.36. The van der Waals surface area contributed by atoms with Gasteiger partial charge in [-0.15, -0.1) is 0 Å². The monoisotopic (exact) mass is 912 g/mol. The number of fused-ring (bicyclic) bond motifs is 6. The van der Waals surface area contributed by atoms with Gasteiger partial charge in [0.15, 0.2) is 5.82 Å². The number of benzene rings is 2. The predicted molar refractivity (Wildman–Crippen MR) is 246 cm³/mol. The maximum Gasteiger partial charge on any atom is 1.00 e. The summed E-state index contributed by atoms with van der Waals surface area (Å²) >= 11 is 0. The maximum absolute atomic E-state index is 13.2. The quantitative estimate of drug-likeness (QED) is 0.134. The van der Waals surface area contributed by atoms with Crippen LogP contribution >= 0.6 is 0 Å². The van der Waals surface area contributed by atoms with Gasteiger partial charge in [-0.05, 0) is 135 Å². The maximum atomic E-state index is 13.2. The molecule has 0 radical (unpaired) electrons. The number of aromatic nitrogens is 6. The van der Waals surface area contributed by atoms with Gasteiger partial charge < -0.3 is 30.3 Å². The summed E-state index contributed by atoms with van der Waals surface area (Å²) in [4.78, 5) is 68.7. The molecule has 6 aliphatic rings. The van der Waals surface area contributed by atoms with Gasteiger partial charge in [-0.1, -0.05) is 8.41 Å². The second-order valence-electron chi connectivity index (χ2n) is 17.9. The molecule has 4 unspecified atom stereocenters. The normalized spacial score (nSPS) is 20.9. The Morgan fingerprint density at radius 3 is 1.56 bits per heavy atom. The number of aliphatic hydroxyl groups excluding tert-OH is 1. The Kier molecular flexibility index (Phi) is 12.4. The molecule has 4 saturated carbocycles. The predicted octanol–water partition coefficient (Wildman–Crippen LogP) is 2.20. The summed E-state index contributed by atoms with van der Waals surface area (Å²) < 4.78 is 31.2. The average Bonchev–Trinajstić information content (AvgIpc) is 4.14. The first-order valence-corrected chi connectivity index (χ1v) is 22.1. The van der Waals surface area contributed by atoms with Crippen molar-refractivity contribution in [3.05, 3.63) is 155 Å². The number of anilines is 4. The van der Waals surface area contributed by atoms with Crippen LogP contribution in [0.2, 0.25) is 0 Å². The molecule has 15 nitrogen and oxygen atoms in total. The van der Waals surface area contributed by atoms with Crippen LogP contribution < -0.4 is 39.3 Å². The van der Waals surface area contributed by atoms with E-state index in [-0.39, 0.29) is 63.2 Å². The van der Waals surface area contributed by atoms with Crippen molar-refractivity contribution in [3.8, 4) is 0 Å². The molecule has 3 N–H and O–H groups in total. The van der Waals surface area contributed by atoms with Gasteiger partial charge in [0.25, 0.3) is 11.8 Å². The summed E-state index contributed by atoms with van der Waals surface area (Å²) in [6.07, 6.45) is 8.62. The van der Waals surface area contributed by atoms with Gasteiger partial charge >= 0.3 is 24.8 Å². The Morgan fingerprint density at radius 2 is 1.12 bits per heavy atom. The SMILES string of the molecule is COC(=O)c1nccc(N2CC3CC3c3nc(C4(NC(=O)c5ccc(F)cc5)CC4)ccc32)n1.O=C(NC1(c2ccc3c(n2)C2CC2CN3c2ccnc(CO)n2)CC1)c1ccc(F)cc1.[BH4-].[Li+]. The van der Waals surface area contributed by atoms with Gasteiger partial charge in [0.1, 0.15) is 29.9 Å². The first kappa shape index (κ1) is 46.5.